The number of fused-ring (bicyclic) bond motifs is 1. The number of rotatable bonds is 3. The number of para-hydroxylation sites is 1. The predicted molar refractivity (Wildman–Crippen MR) is 71.4 cm³/mol. The summed E-state index contributed by atoms with van der Waals surface area (Å²) in [5.74, 6) is 0.911. The van der Waals surface area contributed by atoms with E-state index in [-0.39, 0.29) is 11.7 Å². The van der Waals surface area contributed by atoms with Gasteiger partial charge in [-0.05, 0) is 25.0 Å². The number of hydrogen-bond donors (Lipinski definition) is 0. The highest BCUT2D eigenvalue weighted by Gasteiger charge is 2.27. The highest BCUT2D eigenvalue weighted by molar-refractivity contribution is 5.97. The van der Waals surface area contributed by atoms with Gasteiger partial charge >= 0.3 is 0 Å². The van der Waals surface area contributed by atoms with Crippen LogP contribution in [0.25, 0.3) is 0 Å². The van der Waals surface area contributed by atoms with Crippen LogP contribution in [0.4, 0.5) is 0 Å². The molecule has 19 heavy (non-hydrogen) atoms. The third kappa shape index (κ3) is 2.26. The van der Waals surface area contributed by atoms with Gasteiger partial charge < -0.3 is 4.74 Å². The first-order valence-corrected chi connectivity index (χ1v) is 6.55. The van der Waals surface area contributed by atoms with E-state index in [9.17, 15) is 4.79 Å². The predicted octanol–water partition coefficient (Wildman–Crippen LogP) is 2.34. The molecule has 0 saturated heterocycles. The fourth-order valence-corrected chi connectivity index (χ4v) is 2.40. The van der Waals surface area contributed by atoms with Gasteiger partial charge in [-0.3, -0.25) is 9.48 Å². The molecule has 0 saturated carbocycles. The minimum absolute atomic E-state index is 0.107. The highest BCUT2D eigenvalue weighted by Crippen LogP contribution is 2.28. The van der Waals surface area contributed by atoms with Crippen molar-refractivity contribution in [2.45, 2.75) is 19.9 Å². The zero-order valence-corrected chi connectivity index (χ0v) is 10.9. The molecule has 0 radical (unpaired) electrons. The van der Waals surface area contributed by atoms with Gasteiger partial charge in [0.25, 0.3) is 0 Å². The molecule has 0 bridgehead atoms. The van der Waals surface area contributed by atoms with Crippen molar-refractivity contribution in [2.75, 3.05) is 6.61 Å². The van der Waals surface area contributed by atoms with Gasteiger partial charge in [-0.15, -0.1) is 0 Å². The van der Waals surface area contributed by atoms with Crippen LogP contribution in [0.15, 0.2) is 36.7 Å². The average Bonchev–Trinajstić information content (AvgIpc) is 2.95. The lowest BCUT2D eigenvalue weighted by atomic mass is 9.91. The van der Waals surface area contributed by atoms with Gasteiger partial charge in [0.15, 0.2) is 5.78 Å². The molecule has 1 atom stereocenters. The van der Waals surface area contributed by atoms with Gasteiger partial charge in [0, 0.05) is 12.7 Å². The van der Waals surface area contributed by atoms with Crippen LogP contribution in [0.5, 0.6) is 5.75 Å². The number of hydrogen-bond acceptors (Lipinski definition) is 3. The van der Waals surface area contributed by atoms with Crippen molar-refractivity contribution in [1.82, 2.24) is 9.78 Å². The van der Waals surface area contributed by atoms with E-state index < -0.39 is 0 Å². The maximum Gasteiger partial charge on any atom is 0.172 e. The van der Waals surface area contributed by atoms with Gasteiger partial charge in [-0.2, -0.15) is 5.10 Å². The fourth-order valence-electron chi connectivity index (χ4n) is 2.40. The first kappa shape index (κ1) is 12.0. The number of nitrogens with zero attached hydrogens (tertiary/aromatic N) is 2. The summed E-state index contributed by atoms with van der Waals surface area (Å²) in [6.45, 7) is 3.23. The third-order valence-corrected chi connectivity index (χ3v) is 3.49. The molecule has 4 nitrogen and oxygen atoms in total. The molecular weight excluding hydrogens is 240 g/mol. The highest BCUT2D eigenvalue weighted by atomic mass is 16.5. The number of ketones is 1. The summed E-state index contributed by atoms with van der Waals surface area (Å²) in [6.07, 6.45) is 4.20. The van der Waals surface area contributed by atoms with E-state index in [0.29, 0.717) is 12.2 Å². The Hall–Kier alpha value is -2.10. The molecule has 4 heteroatoms. The standard InChI is InChI=1S/C15H16N2O2/c1-2-17-9-13(8-16-17)15(18)12-7-11-5-3-4-6-14(11)19-10-12/h3-6,8-9,12H,2,7,10H2,1H3. The molecular formula is C15H16N2O2. The SMILES string of the molecule is CCn1cc(C(=O)C2COc3ccccc3C2)cn1. The zero-order valence-electron chi connectivity index (χ0n) is 10.9. The third-order valence-electron chi connectivity index (χ3n) is 3.49. The lowest BCUT2D eigenvalue weighted by Gasteiger charge is -2.23. The first-order valence-electron chi connectivity index (χ1n) is 6.55. The molecule has 1 unspecified atom stereocenters. The van der Waals surface area contributed by atoms with Gasteiger partial charge in [0.2, 0.25) is 0 Å². The Labute approximate surface area is 112 Å². The van der Waals surface area contributed by atoms with Crippen molar-refractivity contribution in [3.05, 3.63) is 47.8 Å². The zero-order chi connectivity index (χ0) is 13.2. The molecule has 0 N–H and O–H groups in total. The van der Waals surface area contributed by atoms with Crippen molar-refractivity contribution in [2.24, 2.45) is 5.92 Å². The van der Waals surface area contributed by atoms with Crippen LogP contribution in [0.3, 0.4) is 0 Å². The van der Waals surface area contributed by atoms with E-state index in [1.54, 1.807) is 10.9 Å². The van der Waals surface area contributed by atoms with Crippen LogP contribution in [0.1, 0.15) is 22.8 Å². The first-order chi connectivity index (χ1) is 9.28. The smallest absolute Gasteiger partial charge is 0.172 e. The van der Waals surface area contributed by atoms with E-state index in [4.69, 9.17) is 4.74 Å². The molecule has 1 aliphatic rings. The largest absolute Gasteiger partial charge is 0.493 e. The molecule has 3 rings (SSSR count). The number of carbonyl (C=O) groups excluding carboxylic acids is 1. The summed E-state index contributed by atoms with van der Waals surface area (Å²) in [7, 11) is 0. The molecule has 0 fully saturated rings. The van der Waals surface area contributed by atoms with Crippen LogP contribution in [-0.2, 0) is 13.0 Å². The van der Waals surface area contributed by atoms with Crippen molar-refractivity contribution in [1.29, 1.82) is 0 Å². The summed E-state index contributed by atoms with van der Waals surface area (Å²) in [5.41, 5.74) is 1.78. The van der Waals surface area contributed by atoms with Gasteiger partial charge in [-0.1, -0.05) is 18.2 Å². The average molecular weight is 256 g/mol. The summed E-state index contributed by atoms with van der Waals surface area (Å²) < 4.78 is 7.43. The minimum Gasteiger partial charge on any atom is -0.493 e. The molecule has 98 valence electrons. The number of ether oxygens (including phenoxy) is 1. The molecule has 0 spiro atoms. The van der Waals surface area contributed by atoms with Crippen LogP contribution < -0.4 is 4.74 Å². The number of carbonyl (C=O) groups is 1. The topological polar surface area (TPSA) is 44.1 Å². The van der Waals surface area contributed by atoms with Crippen LogP contribution in [-0.4, -0.2) is 22.2 Å². The van der Waals surface area contributed by atoms with E-state index >= 15 is 0 Å². The van der Waals surface area contributed by atoms with Crippen molar-refractivity contribution in [3.8, 4) is 5.75 Å². The van der Waals surface area contributed by atoms with Crippen LogP contribution in [0.2, 0.25) is 0 Å². The Kier molecular flexibility index (Phi) is 3.07. The second-order valence-electron chi connectivity index (χ2n) is 4.77. The molecule has 0 aliphatic carbocycles. The monoisotopic (exact) mass is 256 g/mol. The van der Waals surface area contributed by atoms with Gasteiger partial charge in [0.05, 0.1) is 24.3 Å². The van der Waals surface area contributed by atoms with Gasteiger partial charge in [0.1, 0.15) is 5.75 Å². The van der Waals surface area contributed by atoms with Gasteiger partial charge in [-0.25, -0.2) is 0 Å². The van der Waals surface area contributed by atoms with Crippen molar-refractivity contribution >= 4 is 5.78 Å². The molecule has 1 aliphatic heterocycles. The summed E-state index contributed by atoms with van der Waals surface area (Å²) in [4.78, 5) is 12.4. The molecule has 2 heterocycles. The van der Waals surface area contributed by atoms with E-state index in [2.05, 4.69) is 5.10 Å². The molecule has 1 aromatic heterocycles. The van der Waals surface area contributed by atoms with E-state index in [0.717, 1.165) is 24.3 Å². The normalized spacial score (nSPS) is 17.6. The Bertz CT molecular complexity index is 604. The van der Waals surface area contributed by atoms with Crippen molar-refractivity contribution < 1.29 is 9.53 Å². The molecule has 1 aromatic carbocycles. The van der Waals surface area contributed by atoms with E-state index in [1.807, 2.05) is 37.4 Å². The second-order valence-corrected chi connectivity index (χ2v) is 4.77. The summed E-state index contributed by atoms with van der Waals surface area (Å²) in [5, 5.41) is 4.15. The maximum absolute atomic E-state index is 12.4. The molecule has 0 amide bonds. The fraction of sp³-hybridized carbons (Fsp3) is 0.333. The Morgan fingerprint density at radius 3 is 3.11 bits per heavy atom. The summed E-state index contributed by atoms with van der Waals surface area (Å²) >= 11 is 0. The van der Waals surface area contributed by atoms with Crippen molar-refractivity contribution in [3.63, 3.8) is 0 Å². The van der Waals surface area contributed by atoms with E-state index in [1.165, 1.54) is 0 Å². The number of aromatic nitrogens is 2. The lowest BCUT2D eigenvalue weighted by molar-refractivity contribution is 0.0855. The quantitative estimate of drug-likeness (QED) is 0.792. The Morgan fingerprint density at radius 1 is 1.47 bits per heavy atom. The lowest BCUT2D eigenvalue weighted by Crippen LogP contribution is -2.28. The summed E-state index contributed by atoms with van der Waals surface area (Å²) in [6, 6.07) is 7.89. The number of benzene rings is 1. The van der Waals surface area contributed by atoms with Crippen LogP contribution >= 0.6 is 0 Å². The maximum atomic E-state index is 12.4. The number of Topliss-reactive ketones (excluding diaryl/α,β-unsaturated/α-hetero) is 1. The minimum atomic E-state index is -0.107. The Morgan fingerprint density at radius 2 is 2.32 bits per heavy atom. The molecule has 2 aromatic rings. The number of aryl methyl sites for hydroxylation is 1. The Balaban J connectivity index is 1.79. The van der Waals surface area contributed by atoms with Crippen LogP contribution in [0, 0.1) is 5.92 Å². The second kappa shape index (κ2) is 4.88.